The van der Waals surface area contributed by atoms with Crippen LogP contribution in [0.25, 0.3) is 0 Å². The quantitative estimate of drug-likeness (QED) is 0.554. The Morgan fingerprint density at radius 2 is 1.83 bits per heavy atom. The number of guanidine groups is 1. The lowest BCUT2D eigenvalue weighted by molar-refractivity contribution is 0.353. The largest absolute Gasteiger partial charge is 0.493 e. The first-order valence-corrected chi connectivity index (χ1v) is 10.5. The van der Waals surface area contributed by atoms with Gasteiger partial charge in [-0.2, -0.15) is 0 Å². The molecule has 1 aromatic carbocycles. The Morgan fingerprint density at radius 3 is 2.43 bits per heavy atom. The fourth-order valence-corrected chi connectivity index (χ4v) is 3.79. The number of benzene rings is 1. The molecule has 0 saturated heterocycles. The van der Waals surface area contributed by atoms with Crippen molar-refractivity contribution in [2.24, 2.45) is 12.0 Å². The summed E-state index contributed by atoms with van der Waals surface area (Å²) in [7, 11) is 7.37. The zero-order valence-corrected chi connectivity index (χ0v) is 19.0. The number of methoxy groups -OCH3 is 2. The van der Waals surface area contributed by atoms with Crippen LogP contribution in [0, 0.1) is 13.8 Å². The molecule has 2 aromatic rings. The molecule has 1 N–H and O–H groups in total. The van der Waals surface area contributed by atoms with E-state index in [1.807, 2.05) is 30.7 Å². The van der Waals surface area contributed by atoms with E-state index in [1.54, 1.807) is 14.2 Å². The fraction of sp³-hybridized carbons (Fsp3) is 0.591. The smallest absolute Gasteiger partial charge is 0.194 e. The second kappa shape index (κ2) is 9.82. The van der Waals surface area contributed by atoms with Crippen molar-refractivity contribution in [3.63, 3.8) is 0 Å². The maximum atomic E-state index is 5.50. The van der Waals surface area contributed by atoms with E-state index >= 15 is 0 Å². The summed E-state index contributed by atoms with van der Waals surface area (Å²) in [6.45, 7) is 5.24. The van der Waals surface area contributed by atoms with Gasteiger partial charge in [-0.25, -0.2) is 4.99 Å². The van der Waals surface area contributed by atoms with Crippen LogP contribution in [0.1, 0.15) is 48.5 Å². The average Bonchev–Trinajstić information content (AvgIpc) is 3.36. The highest BCUT2D eigenvalue weighted by Crippen LogP contribution is 2.30. The fourth-order valence-electron chi connectivity index (χ4n) is 3.79. The van der Waals surface area contributed by atoms with Gasteiger partial charge in [-0.3, -0.25) is 0 Å². The monoisotopic (exact) mass is 414 g/mol. The van der Waals surface area contributed by atoms with E-state index in [2.05, 4.69) is 34.4 Å². The second-order valence-corrected chi connectivity index (χ2v) is 7.98. The molecule has 8 heteroatoms. The molecule has 164 valence electrons. The van der Waals surface area contributed by atoms with Crippen LogP contribution in [0.5, 0.6) is 11.5 Å². The predicted molar refractivity (Wildman–Crippen MR) is 118 cm³/mol. The first kappa shape index (κ1) is 21.9. The van der Waals surface area contributed by atoms with Gasteiger partial charge in [-0.15, -0.1) is 10.2 Å². The van der Waals surface area contributed by atoms with Crippen molar-refractivity contribution < 1.29 is 9.47 Å². The zero-order valence-electron chi connectivity index (χ0n) is 19.0. The Kier molecular flexibility index (Phi) is 7.18. The van der Waals surface area contributed by atoms with E-state index in [4.69, 9.17) is 14.5 Å². The molecule has 0 aliphatic heterocycles. The van der Waals surface area contributed by atoms with Crippen LogP contribution in [0.15, 0.2) is 17.1 Å². The standard InChI is InChI=1S/C22H34N6O2/c1-15-11-19(29-5)20(30-6)12-17(15)14-27(3)22(24-18-9-7-8-10-18)23-13-21-26-25-16(2)28(21)4/h11-12,18H,7-10,13-14H2,1-6H3,(H,23,24). The third-order valence-corrected chi connectivity index (χ3v) is 5.85. The van der Waals surface area contributed by atoms with Gasteiger partial charge >= 0.3 is 0 Å². The van der Waals surface area contributed by atoms with Crippen molar-refractivity contribution in [3.05, 3.63) is 34.9 Å². The van der Waals surface area contributed by atoms with Gasteiger partial charge < -0.3 is 24.3 Å². The maximum absolute atomic E-state index is 5.50. The van der Waals surface area contributed by atoms with Crippen LogP contribution in [0.2, 0.25) is 0 Å². The molecule has 1 aromatic heterocycles. The Bertz CT molecular complexity index is 886. The van der Waals surface area contributed by atoms with Crippen molar-refractivity contribution in [2.45, 2.75) is 58.7 Å². The lowest BCUT2D eigenvalue weighted by atomic mass is 10.1. The van der Waals surface area contributed by atoms with Crippen molar-refractivity contribution >= 4 is 5.96 Å². The molecule has 8 nitrogen and oxygen atoms in total. The molecule has 0 atom stereocenters. The molecule has 1 saturated carbocycles. The minimum absolute atomic E-state index is 0.471. The van der Waals surface area contributed by atoms with E-state index in [0.717, 1.165) is 34.7 Å². The molecule has 0 bridgehead atoms. The van der Waals surface area contributed by atoms with Gasteiger partial charge in [-0.1, -0.05) is 12.8 Å². The first-order chi connectivity index (χ1) is 14.4. The number of nitrogens with one attached hydrogen (secondary N) is 1. The van der Waals surface area contributed by atoms with Gasteiger partial charge in [0.15, 0.2) is 23.3 Å². The number of hydrogen-bond acceptors (Lipinski definition) is 5. The number of nitrogens with zero attached hydrogens (tertiary/aromatic N) is 5. The highest BCUT2D eigenvalue weighted by molar-refractivity contribution is 5.80. The minimum Gasteiger partial charge on any atom is -0.493 e. The molecule has 1 fully saturated rings. The summed E-state index contributed by atoms with van der Waals surface area (Å²) in [6, 6.07) is 4.54. The van der Waals surface area contributed by atoms with Crippen LogP contribution in [0.3, 0.4) is 0 Å². The highest BCUT2D eigenvalue weighted by Gasteiger charge is 2.19. The molecule has 0 unspecified atom stereocenters. The first-order valence-electron chi connectivity index (χ1n) is 10.5. The zero-order chi connectivity index (χ0) is 21.7. The van der Waals surface area contributed by atoms with Gasteiger partial charge in [0.1, 0.15) is 12.4 Å². The third kappa shape index (κ3) is 5.04. The second-order valence-electron chi connectivity index (χ2n) is 7.98. The molecule has 1 heterocycles. The predicted octanol–water partition coefficient (Wildman–Crippen LogP) is 2.97. The molecular weight excluding hydrogens is 380 g/mol. The Morgan fingerprint density at radius 1 is 1.17 bits per heavy atom. The van der Waals surface area contributed by atoms with Crippen LogP contribution in [-0.2, 0) is 20.1 Å². The third-order valence-electron chi connectivity index (χ3n) is 5.85. The summed E-state index contributed by atoms with van der Waals surface area (Å²) in [5, 5.41) is 12.1. The van der Waals surface area contributed by atoms with Crippen LogP contribution < -0.4 is 14.8 Å². The Balaban J connectivity index is 1.81. The van der Waals surface area contributed by atoms with E-state index in [9.17, 15) is 0 Å². The van der Waals surface area contributed by atoms with Crippen molar-refractivity contribution in [3.8, 4) is 11.5 Å². The molecule has 30 heavy (non-hydrogen) atoms. The minimum atomic E-state index is 0.471. The van der Waals surface area contributed by atoms with Crippen molar-refractivity contribution in [1.82, 2.24) is 25.0 Å². The summed E-state index contributed by atoms with van der Waals surface area (Å²) in [6.07, 6.45) is 4.91. The van der Waals surface area contributed by atoms with Crippen LogP contribution in [-0.4, -0.2) is 52.9 Å². The van der Waals surface area contributed by atoms with Gasteiger partial charge in [0, 0.05) is 26.7 Å². The Labute approximate surface area is 179 Å². The number of aromatic nitrogens is 3. The lowest BCUT2D eigenvalue weighted by Gasteiger charge is -2.26. The number of hydrogen-bond donors (Lipinski definition) is 1. The molecular formula is C22H34N6O2. The Hall–Kier alpha value is -2.77. The van der Waals surface area contributed by atoms with Crippen molar-refractivity contribution in [2.75, 3.05) is 21.3 Å². The normalized spacial score (nSPS) is 14.8. The number of ether oxygens (including phenoxy) is 2. The van der Waals surface area contributed by atoms with Crippen molar-refractivity contribution in [1.29, 1.82) is 0 Å². The van der Waals surface area contributed by atoms with E-state index in [1.165, 1.54) is 31.2 Å². The lowest BCUT2D eigenvalue weighted by Crippen LogP contribution is -2.43. The highest BCUT2D eigenvalue weighted by atomic mass is 16.5. The molecule has 0 amide bonds. The number of rotatable bonds is 7. The van der Waals surface area contributed by atoms with Crippen LogP contribution in [0.4, 0.5) is 0 Å². The summed E-state index contributed by atoms with van der Waals surface area (Å²) in [4.78, 5) is 7.05. The SMILES string of the molecule is COc1cc(C)c(CN(C)C(=NCc2nnc(C)n2C)NC2CCCC2)cc1OC. The summed E-state index contributed by atoms with van der Waals surface area (Å²) in [5.74, 6) is 4.12. The summed E-state index contributed by atoms with van der Waals surface area (Å²) >= 11 is 0. The van der Waals surface area contributed by atoms with Gasteiger partial charge in [0.05, 0.1) is 14.2 Å². The van der Waals surface area contributed by atoms with E-state index in [0.29, 0.717) is 19.1 Å². The van der Waals surface area contributed by atoms with Gasteiger partial charge in [0.25, 0.3) is 0 Å². The molecule has 3 rings (SSSR count). The van der Waals surface area contributed by atoms with Crippen LogP contribution >= 0.6 is 0 Å². The number of aryl methyl sites for hydroxylation is 2. The summed E-state index contributed by atoms with van der Waals surface area (Å²) < 4.78 is 12.9. The number of aliphatic imine (C=N–C) groups is 1. The summed E-state index contributed by atoms with van der Waals surface area (Å²) in [5.41, 5.74) is 2.33. The van der Waals surface area contributed by atoms with E-state index < -0.39 is 0 Å². The molecule has 1 aliphatic carbocycles. The van der Waals surface area contributed by atoms with E-state index in [-0.39, 0.29) is 0 Å². The maximum Gasteiger partial charge on any atom is 0.194 e. The molecule has 1 aliphatic rings. The van der Waals surface area contributed by atoms with Gasteiger partial charge in [0.2, 0.25) is 0 Å². The average molecular weight is 415 g/mol. The molecule has 0 spiro atoms. The van der Waals surface area contributed by atoms with Gasteiger partial charge in [-0.05, 0) is 49.9 Å². The molecule has 0 radical (unpaired) electrons. The topological polar surface area (TPSA) is 76.8 Å².